The molecule has 5 nitrogen and oxygen atoms in total. The van der Waals surface area contributed by atoms with Gasteiger partial charge in [-0.05, 0) is 62.6 Å². The average molecular weight is 449 g/mol. The van der Waals surface area contributed by atoms with Crippen molar-refractivity contribution in [1.29, 1.82) is 0 Å². The highest BCUT2D eigenvalue weighted by molar-refractivity contribution is 7.99. The maximum absolute atomic E-state index is 12.9. The minimum atomic E-state index is -4.43. The first kappa shape index (κ1) is 22.9. The standard InChI is InChI=1S/C22H23F3N4OS/c1-13-8-9-14(2)19(10-13)29-16(4)27-28-21(29)31-12-20(30)26-15(3)17-6-5-7-18(11-17)22(23,24)25/h5-11,15H,12H2,1-4H3,(H,26,30). The Labute approximate surface area is 183 Å². The summed E-state index contributed by atoms with van der Waals surface area (Å²) in [5.74, 6) is 0.462. The van der Waals surface area contributed by atoms with Crippen molar-refractivity contribution in [2.24, 2.45) is 0 Å². The van der Waals surface area contributed by atoms with Crippen LogP contribution >= 0.6 is 11.8 Å². The third kappa shape index (κ3) is 5.46. The molecule has 0 aliphatic heterocycles. The van der Waals surface area contributed by atoms with Gasteiger partial charge in [0.1, 0.15) is 5.82 Å². The largest absolute Gasteiger partial charge is 0.416 e. The second-order valence-corrected chi connectivity index (χ2v) is 8.30. The van der Waals surface area contributed by atoms with Gasteiger partial charge in [0.2, 0.25) is 5.91 Å². The molecule has 31 heavy (non-hydrogen) atoms. The van der Waals surface area contributed by atoms with E-state index in [1.807, 2.05) is 43.5 Å². The van der Waals surface area contributed by atoms with Crippen LogP contribution in [0, 0.1) is 20.8 Å². The second kappa shape index (κ2) is 9.13. The number of aryl methyl sites for hydroxylation is 3. The van der Waals surface area contributed by atoms with Crippen LogP contribution in [0.25, 0.3) is 5.69 Å². The zero-order chi connectivity index (χ0) is 22.8. The van der Waals surface area contributed by atoms with Gasteiger partial charge in [-0.3, -0.25) is 9.36 Å². The summed E-state index contributed by atoms with van der Waals surface area (Å²) in [6.07, 6.45) is -4.43. The highest BCUT2D eigenvalue weighted by Crippen LogP contribution is 2.31. The van der Waals surface area contributed by atoms with Crippen LogP contribution < -0.4 is 5.32 Å². The van der Waals surface area contributed by atoms with Crippen LogP contribution in [0.3, 0.4) is 0 Å². The number of benzene rings is 2. The number of thioether (sulfide) groups is 1. The van der Waals surface area contributed by atoms with E-state index < -0.39 is 17.8 Å². The summed E-state index contributed by atoms with van der Waals surface area (Å²) < 4.78 is 40.7. The minimum Gasteiger partial charge on any atom is -0.349 e. The second-order valence-electron chi connectivity index (χ2n) is 7.36. The lowest BCUT2D eigenvalue weighted by molar-refractivity contribution is -0.137. The minimum absolute atomic E-state index is 0.0618. The van der Waals surface area contributed by atoms with Crippen LogP contribution in [-0.4, -0.2) is 26.4 Å². The van der Waals surface area contributed by atoms with Gasteiger partial charge in [-0.25, -0.2) is 0 Å². The Kier molecular flexibility index (Phi) is 6.74. The fourth-order valence-corrected chi connectivity index (χ4v) is 3.96. The van der Waals surface area contributed by atoms with Crippen molar-refractivity contribution in [3.63, 3.8) is 0 Å². The van der Waals surface area contributed by atoms with Gasteiger partial charge in [0.15, 0.2) is 5.16 Å². The maximum Gasteiger partial charge on any atom is 0.416 e. The topological polar surface area (TPSA) is 59.8 Å². The van der Waals surface area contributed by atoms with Crippen LogP contribution in [0.5, 0.6) is 0 Å². The first-order valence-corrected chi connectivity index (χ1v) is 10.6. The number of rotatable bonds is 6. The van der Waals surface area contributed by atoms with E-state index in [9.17, 15) is 18.0 Å². The molecular formula is C22H23F3N4OS. The zero-order valence-electron chi connectivity index (χ0n) is 17.6. The number of carbonyl (C=O) groups is 1. The number of hydrogen-bond donors (Lipinski definition) is 1. The first-order valence-electron chi connectivity index (χ1n) is 9.65. The average Bonchev–Trinajstić information content (AvgIpc) is 3.08. The molecule has 1 amide bonds. The lowest BCUT2D eigenvalue weighted by atomic mass is 10.0. The molecule has 3 aromatic rings. The summed E-state index contributed by atoms with van der Waals surface area (Å²) in [6.45, 7) is 7.49. The molecule has 1 aromatic heterocycles. The number of nitrogens with zero attached hydrogens (tertiary/aromatic N) is 3. The zero-order valence-corrected chi connectivity index (χ0v) is 18.4. The fraction of sp³-hybridized carbons (Fsp3) is 0.318. The van der Waals surface area contributed by atoms with E-state index >= 15 is 0 Å². The molecule has 9 heteroatoms. The molecule has 1 heterocycles. The van der Waals surface area contributed by atoms with Gasteiger partial charge < -0.3 is 5.32 Å². The van der Waals surface area contributed by atoms with Gasteiger partial charge >= 0.3 is 6.18 Å². The first-order chi connectivity index (χ1) is 14.6. The SMILES string of the molecule is Cc1ccc(C)c(-n2c(C)nnc2SCC(=O)NC(C)c2cccc(C(F)(F)F)c2)c1. The van der Waals surface area contributed by atoms with Crippen LogP contribution in [0.15, 0.2) is 47.6 Å². The Bertz CT molecular complexity index is 1090. The molecule has 0 spiro atoms. The summed E-state index contributed by atoms with van der Waals surface area (Å²) in [7, 11) is 0. The molecular weight excluding hydrogens is 425 g/mol. The molecule has 0 saturated heterocycles. The van der Waals surface area contributed by atoms with Gasteiger partial charge in [0.25, 0.3) is 0 Å². The lowest BCUT2D eigenvalue weighted by Crippen LogP contribution is -2.28. The molecule has 0 fully saturated rings. The Balaban J connectivity index is 1.69. The van der Waals surface area contributed by atoms with Crippen molar-refractivity contribution in [2.75, 3.05) is 5.75 Å². The molecule has 0 saturated carbocycles. The smallest absolute Gasteiger partial charge is 0.349 e. The molecule has 0 aliphatic rings. The summed E-state index contributed by atoms with van der Waals surface area (Å²) in [6, 6.07) is 10.5. The van der Waals surface area contributed by atoms with Gasteiger partial charge in [0.05, 0.1) is 23.0 Å². The molecule has 3 rings (SSSR count). The number of carbonyl (C=O) groups excluding carboxylic acids is 1. The van der Waals surface area contributed by atoms with Crippen molar-refractivity contribution in [2.45, 2.75) is 45.1 Å². The normalized spacial score (nSPS) is 12.6. The van der Waals surface area contributed by atoms with E-state index in [-0.39, 0.29) is 11.7 Å². The quantitative estimate of drug-likeness (QED) is 0.528. The summed E-state index contributed by atoms with van der Waals surface area (Å²) in [5.41, 5.74) is 2.75. The summed E-state index contributed by atoms with van der Waals surface area (Å²) >= 11 is 1.23. The molecule has 0 aliphatic carbocycles. The van der Waals surface area contributed by atoms with E-state index in [0.717, 1.165) is 28.9 Å². The van der Waals surface area contributed by atoms with Gasteiger partial charge in [-0.15, -0.1) is 10.2 Å². The van der Waals surface area contributed by atoms with E-state index in [1.165, 1.54) is 17.8 Å². The van der Waals surface area contributed by atoms with Crippen LogP contribution in [0.1, 0.15) is 41.0 Å². The number of nitrogens with one attached hydrogen (secondary N) is 1. The Morgan fingerprint density at radius 3 is 2.58 bits per heavy atom. The third-order valence-electron chi connectivity index (χ3n) is 4.82. The van der Waals surface area contributed by atoms with E-state index in [2.05, 4.69) is 15.5 Å². The fourth-order valence-electron chi connectivity index (χ4n) is 3.16. The number of hydrogen-bond acceptors (Lipinski definition) is 4. The predicted octanol–water partition coefficient (Wildman–Crippen LogP) is 5.18. The molecule has 1 atom stereocenters. The van der Waals surface area contributed by atoms with Gasteiger partial charge in [0, 0.05) is 0 Å². The molecule has 1 N–H and O–H groups in total. The van der Waals surface area contributed by atoms with Crippen LogP contribution in [-0.2, 0) is 11.0 Å². The van der Waals surface area contributed by atoms with Crippen LogP contribution in [0.2, 0.25) is 0 Å². The number of alkyl halides is 3. The highest BCUT2D eigenvalue weighted by Gasteiger charge is 2.30. The summed E-state index contributed by atoms with van der Waals surface area (Å²) in [5, 5.41) is 11.6. The highest BCUT2D eigenvalue weighted by atomic mass is 32.2. The predicted molar refractivity (Wildman–Crippen MR) is 114 cm³/mol. The Morgan fingerprint density at radius 2 is 1.87 bits per heavy atom. The van der Waals surface area contributed by atoms with Crippen molar-refractivity contribution in [3.05, 3.63) is 70.5 Å². The number of amides is 1. The van der Waals surface area contributed by atoms with Crippen molar-refractivity contribution in [1.82, 2.24) is 20.1 Å². The Morgan fingerprint density at radius 1 is 1.13 bits per heavy atom. The van der Waals surface area contributed by atoms with Gasteiger partial charge in [-0.1, -0.05) is 36.0 Å². The summed E-state index contributed by atoms with van der Waals surface area (Å²) in [4.78, 5) is 12.4. The van der Waals surface area contributed by atoms with E-state index in [1.54, 1.807) is 13.0 Å². The van der Waals surface area contributed by atoms with Crippen molar-refractivity contribution < 1.29 is 18.0 Å². The van der Waals surface area contributed by atoms with Gasteiger partial charge in [-0.2, -0.15) is 13.2 Å². The number of halogens is 3. The van der Waals surface area contributed by atoms with Crippen molar-refractivity contribution in [3.8, 4) is 5.69 Å². The molecule has 0 bridgehead atoms. The lowest BCUT2D eigenvalue weighted by Gasteiger charge is -2.16. The van der Waals surface area contributed by atoms with E-state index in [0.29, 0.717) is 16.5 Å². The van der Waals surface area contributed by atoms with Crippen molar-refractivity contribution >= 4 is 17.7 Å². The molecule has 0 radical (unpaired) electrons. The molecule has 1 unspecified atom stereocenters. The molecule has 2 aromatic carbocycles. The number of aromatic nitrogens is 3. The van der Waals surface area contributed by atoms with E-state index in [4.69, 9.17) is 0 Å². The Hall–Kier alpha value is -2.81. The third-order valence-corrected chi connectivity index (χ3v) is 5.75. The monoisotopic (exact) mass is 448 g/mol. The maximum atomic E-state index is 12.9. The molecule has 164 valence electrons. The van der Waals surface area contributed by atoms with Crippen LogP contribution in [0.4, 0.5) is 13.2 Å².